The molecule has 1 atom stereocenters. The van der Waals surface area contributed by atoms with Crippen molar-refractivity contribution in [1.82, 2.24) is 4.98 Å². The van der Waals surface area contributed by atoms with Crippen molar-refractivity contribution >= 4 is 17.0 Å². The van der Waals surface area contributed by atoms with Crippen LogP contribution in [0, 0.1) is 13.8 Å². The molecule has 2 nitrogen and oxygen atoms in total. The van der Waals surface area contributed by atoms with Gasteiger partial charge in [0.15, 0.2) is 0 Å². The Bertz CT molecular complexity index is 558. The SMILES string of the molecule is Cc1nc(C)c(C(C)Nc2ccccc2C(C)C)s1. The fourth-order valence-corrected chi connectivity index (χ4v) is 3.31. The Morgan fingerprint density at radius 2 is 1.79 bits per heavy atom. The van der Waals surface area contributed by atoms with Crippen LogP contribution in [-0.2, 0) is 0 Å². The normalized spacial score (nSPS) is 12.7. The number of anilines is 1. The van der Waals surface area contributed by atoms with Crippen LogP contribution in [0.25, 0.3) is 0 Å². The van der Waals surface area contributed by atoms with E-state index >= 15 is 0 Å². The Kier molecular flexibility index (Phi) is 4.25. The van der Waals surface area contributed by atoms with Gasteiger partial charge in [-0.05, 0) is 38.3 Å². The lowest BCUT2D eigenvalue weighted by Crippen LogP contribution is -2.08. The van der Waals surface area contributed by atoms with Gasteiger partial charge in [0.1, 0.15) is 0 Å². The fraction of sp³-hybridized carbons (Fsp3) is 0.438. The molecule has 2 rings (SSSR count). The molecule has 1 aromatic carbocycles. The van der Waals surface area contributed by atoms with E-state index in [9.17, 15) is 0 Å². The molecule has 0 spiro atoms. The number of hydrogen-bond acceptors (Lipinski definition) is 3. The van der Waals surface area contributed by atoms with Crippen molar-refractivity contribution in [2.24, 2.45) is 0 Å². The molecule has 19 heavy (non-hydrogen) atoms. The highest BCUT2D eigenvalue weighted by Gasteiger charge is 2.14. The number of nitrogens with one attached hydrogen (secondary N) is 1. The van der Waals surface area contributed by atoms with Crippen molar-refractivity contribution < 1.29 is 0 Å². The van der Waals surface area contributed by atoms with Crippen LogP contribution in [0.15, 0.2) is 24.3 Å². The third kappa shape index (κ3) is 3.16. The first kappa shape index (κ1) is 14.1. The first-order chi connectivity index (χ1) is 8.99. The molecule has 0 aliphatic heterocycles. The molecule has 0 amide bonds. The Morgan fingerprint density at radius 1 is 1.11 bits per heavy atom. The lowest BCUT2D eigenvalue weighted by atomic mass is 10.0. The number of benzene rings is 1. The lowest BCUT2D eigenvalue weighted by Gasteiger charge is -2.19. The zero-order chi connectivity index (χ0) is 14.0. The maximum absolute atomic E-state index is 4.51. The molecule has 0 fully saturated rings. The summed E-state index contributed by atoms with van der Waals surface area (Å²) >= 11 is 1.78. The van der Waals surface area contributed by atoms with Crippen molar-refractivity contribution in [3.63, 3.8) is 0 Å². The number of aromatic nitrogens is 1. The number of nitrogens with zero attached hydrogens (tertiary/aromatic N) is 1. The Balaban J connectivity index is 2.24. The molecule has 0 bridgehead atoms. The zero-order valence-corrected chi connectivity index (χ0v) is 13.1. The van der Waals surface area contributed by atoms with Crippen LogP contribution in [0.2, 0.25) is 0 Å². The van der Waals surface area contributed by atoms with E-state index in [1.807, 2.05) is 0 Å². The summed E-state index contributed by atoms with van der Waals surface area (Å²) in [5.74, 6) is 0.528. The summed E-state index contributed by atoms with van der Waals surface area (Å²) < 4.78 is 0. The van der Waals surface area contributed by atoms with Crippen LogP contribution in [0.4, 0.5) is 5.69 Å². The van der Waals surface area contributed by atoms with Crippen LogP contribution in [0.5, 0.6) is 0 Å². The highest BCUT2D eigenvalue weighted by Crippen LogP contribution is 2.30. The smallest absolute Gasteiger partial charge is 0.0900 e. The topological polar surface area (TPSA) is 24.9 Å². The molecule has 0 aliphatic rings. The Morgan fingerprint density at radius 3 is 2.37 bits per heavy atom. The molecular formula is C16H22N2S. The summed E-state index contributed by atoms with van der Waals surface area (Å²) in [6.45, 7) is 10.8. The molecule has 1 unspecified atom stereocenters. The summed E-state index contributed by atoms with van der Waals surface area (Å²) in [4.78, 5) is 5.84. The summed E-state index contributed by atoms with van der Waals surface area (Å²) in [6, 6.07) is 8.85. The van der Waals surface area contributed by atoms with Gasteiger partial charge in [-0.15, -0.1) is 11.3 Å². The van der Waals surface area contributed by atoms with E-state index in [2.05, 4.69) is 69.2 Å². The molecule has 2 aromatic rings. The Hall–Kier alpha value is -1.35. The summed E-state index contributed by atoms with van der Waals surface area (Å²) in [7, 11) is 0. The number of aryl methyl sites for hydroxylation is 2. The summed E-state index contributed by atoms with van der Waals surface area (Å²) in [6.07, 6.45) is 0. The lowest BCUT2D eigenvalue weighted by molar-refractivity contribution is 0.844. The van der Waals surface area contributed by atoms with E-state index in [-0.39, 0.29) is 0 Å². The van der Waals surface area contributed by atoms with Crippen LogP contribution in [0.1, 0.15) is 53.9 Å². The van der Waals surface area contributed by atoms with Gasteiger partial charge in [0, 0.05) is 10.6 Å². The van der Waals surface area contributed by atoms with Crippen LogP contribution in [-0.4, -0.2) is 4.98 Å². The van der Waals surface area contributed by atoms with Crippen LogP contribution >= 0.6 is 11.3 Å². The average Bonchev–Trinajstić information content (AvgIpc) is 2.69. The molecule has 102 valence electrons. The predicted octanol–water partition coefficient (Wildman–Crippen LogP) is 5.06. The molecule has 0 saturated heterocycles. The third-order valence-electron chi connectivity index (χ3n) is 3.29. The third-order valence-corrected chi connectivity index (χ3v) is 4.54. The second-order valence-electron chi connectivity index (χ2n) is 5.29. The highest BCUT2D eigenvalue weighted by molar-refractivity contribution is 7.11. The van der Waals surface area contributed by atoms with E-state index < -0.39 is 0 Å². The molecule has 1 N–H and O–H groups in total. The van der Waals surface area contributed by atoms with Gasteiger partial charge in [0.25, 0.3) is 0 Å². The van der Waals surface area contributed by atoms with Gasteiger partial charge < -0.3 is 5.32 Å². The number of thiazole rings is 1. The maximum atomic E-state index is 4.51. The zero-order valence-electron chi connectivity index (χ0n) is 12.3. The number of rotatable bonds is 4. The molecule has 3 heteroatoms. The van der Waals surface area contributed by atoms with Crippen molar-refractivity contribution in [2.75, 3.05) is 5.32 Å². The number of para-hydroxylation sites is 1. The molecule has 0 saturated carbocycles. The van der Waals surface area contributed by atoms with Crippen molar-refractivity contribution in [3.05, 3.63) is 45.4 Å². The highest BCUT2D eigenvalue weighted by atomic mass is 32.1. The van der Waals surface area contributed by atoms with E-state index in [0.717, 1.165) is 10.7 Å². The van der Waals surface area contributed by atoms with E-state index in [1.165, 1.54) is 16.1 Å². The minimum Gasteiger partial charge on any atom is -0.377 e. The average molecular weight is 274 g/mol. The van der Waals surface area contributed by atoms with Crippen LogP contribution < -0.4 is 5.32 Å². The fourth-order valence-electron chi connectivity index (χ4n) is 2.38. The van der Waals surface area contributed by atoms with E-state index in [0.29, 0.717) is 12.0 Å². The van der Waals surface area contributed by atoms with Crippen molar-refractivity contribution in [2.45, 2.75) is 46.6 Å². The summed E-state index contributed by atoms with van der Waals surface area (Å²) in [5, 5.41) is 4.77. The quantitative estimate of drug-likeness (QED) is 0.843. The molecule has 1 heterocycles. The molecule has 1 aromatic heterocycles. The molecule has 0 aliphatic carbocycles. The van der Waals surface area contributed by atoms with Gasteiger partial charge >= 0.3 is 0 Å². The van der Waals surface area contributed by atoms with E-state index in [1.54, 1.807) is 11.3 Å². The van der Waals surface area contributed by atoms with Gasteiger partial charge in [0.05, 0.1) is 16.7 Å². The minimum atomic E-state index is 0.297. The number of hydrogen-bond donors (Lipinski definition) is 1. The largest absolute Gasteiger partial charge is 0.377 e. The predicted molar refractivity (Wildman–Crippen MR) is 84.2 cm³/mol. The second kappa shape index (κ2) is 5.74. The molecule has 0 radical (unpaired) electrons. The second-order valence-corrected chi connectivity index (χ2v) is 6.53. The maximum Gasteiger partial charge on any atom is 0.0900 e. The van der Waals surface area contributed by atoms with Gasteiger partial charge in [-0.3, -0.25) is 0 Å². The van der Waals surface area contributed by atoms with Gasteiger partial charge in [-0.2, -0.15) is 0 Å². The van der Waals surface area contributed by atoms with Gasteiger partial charge in [0.2, 0.25) is 0 Å². The van der Waals surface area contributed by atoms with Gasteiger partial charge in [-0.25, -0.2) is 4.98 Å². The standard InChI is InChI=1S/C16H22N2S/c1-10(2)14-8-6-7-9-15(14)18-12(4)16-11(3)17-13(5)19-16/h6-10,12,18H,1-5H3. The Labute approximate surface area is 119 Å². The van der Waals surface area contributed by atoms with Crippen molar-refractivity contribution in [3.8, 4) is 0 Å². The van der Waals surface area contributed by atoms with E-state index in [4.69, 9.17) is 0 Å². The first-order valence-electron chi connectivity index (χ1n) is 6.78. The van der Waals surface area contributed by atoms with Crippen molar-refractivity contribution in [1.29, 1.82) is 0 Å². The van der Waals surface area contributed by atoms with Gasteiger partial charge in [-0.1, -0.05) is 32.0 Å². The molecular weight excluding hydrogens is 252 g/mol. The van der Waals surface area contributed by atoms with Crippen LogP contribution in [0.3, 0.4) is 0 Å². The summed E-state index contributed by atoms with van der Waals surface area (Å²) in [5.41, 5.74) is 3.74. The monoisotopic (exact) mass is 274 g/mol. The first-order valence-corrected chi connectivity index (χ1v) is 7.60. The minimum absolute atomic E-state index is 0.297.